The topological polar surface area (TPSA) is 108 Å². The predicted molar refractivity (Wildman–Crippen MR) is 157 cm³/mol. The highest BCUT2D eigenvalue weighted by Crippen LogP contribution is 2.29. The van der Waals surface area contributed by atoms with E-state index in [-0.39, 0.29) is 0 Å². The Morgan fingerprint density at radius 3 is 2.58 bits per heavy atom. The molecule has 0 radical (unpaired) electrons. The molecule has 6 rings (SSSR count). The van der Waals surface area contributed by atoms with Gasteiger partial charge < -0.3 is 15.0 Å². The van der Waals surface area contributed by atoms with Crippen molar-refractivity contribution in [2.45, 2.75) is 39.4 Å². The number of methoxy groups -OCH3 is 1. The third-order valence-electron chi connectivity index (χ3n) is 7.36. The first-order chi connectivity index (χ1) is 19.5. The average molecular weight is 536 g/mol. The summed E-state index contributed by atoms with van der Waals surface area (Å²) in [5, 5.41) is 11.5. The summed E-state index contributed by atoms with van der Waals surface area (Å²) in [4.78, 5) is 23.8. The van der Waals surface area contributed by atoms with Crippen molar-refractivity contribution in [3.05, 3.63) is 78.2 Å². The van der Waals surface area contributed by atoms with Gasteiger partial charge in [-0.2, -0.15) is 5.10 Å². The van der Waals surface area contributed by atoms with Crippen LogP contribution in [-0.4, -0.2) is 67.3 Å². The monoisotopic (exact) mass is 535 g/mol. The molecule has 1 aliphatic rings. The van der Waals surface area contributed by atoms with Crippen LogP contribution in [0.2, 0.25) is 0 Å². The summed E-state index contributed by atoms with van der Waals surface area (Å²) in [6.07, 6.45) is 3.77. The van der Waals surface area contributed by atoms with Crippen molar-refractivity contribution in [1.29, 1.82) is 0 Å². The highest BCUT2D eigenvalue weighted by Gasteiger charge is 2.30. The minimum Gasteiger partial charge on any atom is -0.481 e. The number of benzene rings is 1. The summed E-state index contributed by atoms with van der Waals surface area (Å²) in [7, 11) is 1.64. The van der Waals surface area contributed by atoms with Gasteiger partial charge in [0.2, 0.25) is 5.88 Å². The van der Waals surface area contributed by atoms with Gasteiger partial charge in [-0.15, -0.1) is 0 Å². The molecule has 4 aromatic heterocycles. The lowest BCUT2D eigenvalue weighted by Crippen LogP contribution is -2.56. The molecule has 10 nitrogen and oxygen atoms in total. The number of hydrogen-bond acceptors (Lipinski definition) is 9. The number of aryl methyl sites for hydroxylation is 1. The average Bonchev–Trinajstić information content (AvgIpc) is 3.39. The number of aromatic amines is 1. The van der Waals surface area contributed by atoms with Crippen LogP contribution in [0.15, 0.2) is 67.0 Å². The van der Waals surface area contributed by atoms with E-state index in [9.17, 15) is 0 Å². The third-order valence-corrected chi connectivity index (χ3v) is 7.36. The Kier molecular flexibility index (Phi) is 7.00. The number of piperazine rings is 1. The molecular formula is C30H33N9O. The first-order valence-corrected chi connectivity index (χ1v) is 13.5. The maximum atomic E-state index is 5.19. The van der Waals surface area contributed by atoms with E-state index in [1.54, 1.807) is 7.11 Å². The number of nitrogens with zero attached hydrogens (tertiary/aromatic N) is 7. The Labute approximate surface area is 233 Å². The zero-order valence-electron chi connectivity index (χ0n) is 23.2. The van der Waals surface area contributed by atoms with Gasteiger partial charge in [0.05, 0.1) is 12.6 Å². The summed E-state index contributed by atoms with van der Waals surface area (Å²) in [5.41, 5.74) is 3.88. The minimum absolute atomic E-state index is 0.311. The van der Waals surface area contributed by atoms with E-state index < -0.39 is 0 Å². The normalized spacial score (nSPS) is 17.8. The van der Waals surface area contributed by atoms with E-state index >= 15 is 0 Å². The molecule has 5 aromatic rings. The number of para-hydroxylation sites is 1. The lowest BCUT2D eigenvalue weighted by Gasteiger charge is -2.44. The van der Waals surface area contributed by atoms with Crippen LogP contribution in [0.3, 0.4) is 0 Å². The van der Waals surface area contributed by atoms with Crippen LogP contribution in [0.25, 0.3) is 22.3 Å². The molecule has 0 spiro atoms. The van der Waals surface area contributed by atoms with Gasteiger partial charge in [0.1, 0.15) is 11.6 Å². The number of hydrogen-bond donors (Lipinski definition) is 2. The number of aromatic nitrogens is 6. The van der Waals surface area contributed by atoms with Gasteiger partial charge in [-0.1, -0.05) is 18.2 Å². The Morgan fingerprint density at radius 2 is 1.85 bits per heavy atom. The van der Waals surface area contributed by atoms with Crippen molar-refractivity contribution >= 4 is 28.4 Å². The largest absolute Gasteiger partial charge is 0.481 e. The zero-order chi connectivity index (χ0) is 27.6. The Morgan fingerprint density at radius 1 is 0.975 bits per heavy atom. The smallest absolute Gasteiger partial charge is 0.212 e. The Balaban J connectivity index is 1.20. The molecule has 1 saturated heterocycles. The molecule has 40 heavy (non-hydrogen) atoms. The van der Waals surface area contributed by atoms with Gasteiger partial charge in [-0.05, 0) is 50.6 Å². The second kappa shape index (κ2) is 10.9. The fourth-order valence-corrected chi connectivity index (χ4v) is 5.19. The Hall–Kier alpha value is -4.57. The first kappa shape index (κ1) is 25.7. The van der Waals surface area contributed by atoms with E-state index in [2.05, 4.69) is 62.3 Å². The quantitative estimate of drug-likeness (QED) is 0.299. The molecule has 0 aliphatic carbocycles. The van der Waals surface area contributed by atoms with E-state index in [0.29, 0.717) is 35.4 Å². The van der Waals surface area contributed by atoms with Gasteiger partial charge in [0.25, 0.3) is 0 Å². The fraction of sp³-hybridized carbons (Fsp3) is 0.300. The maximum Gasteiger partial charge on any atom is 0.212 e. The van der Waals surface area contributed by atoms with Gasteiger partial charge in [0.15, 0.2) is 11.6 Å². The highest BCUT2D eigenvalue weighted by atomic mass is 16.5. The number of pyridine rings is 2. The van der Waals surface area contributed by atoms with Crippen molar-refractivity contribution < 1.29 is 4.74 Å². The molecule has 1 aromatic carbocycles. The zero-order valence-corrected chi connectivity index (χ0v) is 23.2. The van der Waals surface area contributed by atoms with Crippen molar-refractivity contribution in [3.8, 4) is 17.3 Å². The lowest BCUT2D eigenvalue weighted by molar-refractivity contribution is 0.157. The summed E-state index contributed by atoms with van der Waals surface area (Å²) < 4.78 is 5.19. The van der Waals surface area contributed by atoms with Crippen LogP contribution in [0.1, 0.15) is 25.1 Å². The second-order valence-electron chi connectivity index (χ2n) is 10.4. The van der Waals surface area contributed by atoms with Crippen LogP contribution in [0.4, 0.5) is 17.5 Å². The molecule has 1 fully saturated rings. The van der Waals surface area contributed by atoms with E-state index in [4.69, 9.17) is 19.7 Å². The lowest BCUT2D eigenvalue weighted by atomic mass is 10.1. The SMILES string of the molecule is COc1ccc(CN2C[C@@H](C)N(c3ccc(-c4nc(Nc5cc(C)[nH]n5)c5ccccc5n4)cn3)C[C@@H]2C)cn1. The summed E-state index contributed by atoms with van der Waals surface area (Å²) in [6, 6.07) is 18.7. The van der Waals surface area contributed by atoms with Crippen molar-refractivity contribution in [2.24, 2.45) is 0 Å². The molecule has 0 saturated carbocycles. The van der Waals surface area contributed by atoms with Crippen LogP contribution >= 0.6 is 0 Å². The minimum atomic E-state index is 0.311. The van der Waals surface area contributed by atoms with Crippen molar-refractivity contribution in [3.63, 3.8) is 0 Å². The fourth-order valence-electron chi connectivity index (χ4n) is 5.19. The van der Waals surface area contributed by atoms with E-state index in [1.807, 2.05) is 55.7 Å². The molecule has 5 heterocycles. The van der Waals surface area contributed by atoms with Gasteiger partial charge in [0, 0.05) is 72.9 Å². The predicted octanol–water partition coefficient (Wildman–Crippen LogP) is 4.97. The molecule has 10 heteroatoms. The standard InChI is InChI=1S/C30H33N9O/c1-19-13-26(37-36-19)34-30-24-7-5-6-8-25(24)33-29(35-30)23-10-11-27(31-15-23)39-17-20(2)38(16-21(39)3)18-22-9-12-28(40-4)32-14-22/h5-15,20-21H,16-18H2,1-4H3,(H2,33,34,35,36,37)/t20-,21+/m0/s1. The molecule has 2 atom stereocenters. The molecule has 0 bridgehead atoms. The maximum absolute atomic E-state index is 5.19. The molecule has 1 aliphatic heterocycles. The highest BCUT2D eigenvalue weighted by molar-refractivity contribution is 5.91. The van der Waals surface area contributed by atoms with Crippen LogP contribution in [0, 0.1) is 6.92 Å². The van der Waals surface area contributed by atoms with Gasteiger partial charge in [-0.25, -0.2) is 19.9 Å². The number of ether oxygens (including phenoxy) is 1. The van der Waals surface area contributed by atoms with E-state index in [1.165, 1.54) is 5.56 Å². The number of H-pyrrole nitrogens is 1. The van der Waals surface area contributed by atoms with Crippen LogP contribution in [-0.2, 0) is 6.54 Å². The van der Waals surface area contributed by atoms with Gasteiger partial charge in [-0.3, -0.25) is 10.00 Å². The molecule has 0 unspecified atom stereocenters. The second-order valence-corrected chi connectivity index (χ2v) is 10.4. The number of nitrogens with one attached hydrogen (secondary N) is 2. The van der Waals surface area contributed by atoms with Crippen molar-refractivity contribution in [2.75, 3.05) is 30.4 Å². The number of rotatable bonds is 7. The first-order valence-electron chi connectivity index (χ1n) is 13.5. The van der Waals surface area contributed by atoms with Crippen molar-refractivity contribution in [1.82, 2.24) is 35.0 Å². The van der Waals surface area contributed by atoms with E-state index in [0.717, 1.165) is 47.6 Å². The summed E-state index contributed by atoms with van der Waals surface area (Å²) in [6.45, 7) is 9.17. The van der Waals surface area contributed by atoms with Crippen LogP contribution < -0.4 is 15.0 Å². The molecule has 2 N–H and O–H groups in total. The molecule has 204 valence electrons. The van der Waals surface area contributed by atoms with Gasteiger partial charge >= 0.3 is 0 Å². The summed E-state index contributed by atoms with van der Waals surface area (Å²) >= 11 is 0. The number of fused-ring (bicyclic) bond motifs is 1. The van der Waals surface area contributed by atoms with Crippen LogP contribution in [0.5, 0.6) is 5.88 Å². The third kappa shape index (κ3) is 5.30. The molecule has 0 amide bonds. The molecular weight excluding hydrogens is 502 g/mol. The summed E-state index contributed by atoms with van der Waals surface area (Å²) in [5.74, 6) is 3.64. The Bertz CT molecular complexity index is 1600. The number of anilines is 3.